The third-order valence-electron chi connectivity index (χ3n) is 3.02. The lowest BCUT2D eigenvalue weighted by atomic mass is 10.1. The van der Waals surface area contributed by atoms with Gasteiger partial charge in [-0.05, 0) is 41.5 Å². The fraction of sp³-hybridized carbons (Fsp3) is 0.0588. The zero-order valence-electron chi connectivity index (χ0n) is 12.6. The van der Waals surface area contributed by atoms with Crippen LogP contribution < -0.4 is 5.43 Å². The maximum absolute atomic E-state index is 11.7. The zero-order valence-corrected chi connectivity index (χ0v) is 13.3. The van der Waals surface area contributed by atoms with Crippen molar-refractivity contribution in [2.24, 2.45) is 5.10 Å². The molecule has 2 aromatic rings. The second-order valence-corrected chi connectivity index (χ2v) is 5.26. The second kappa shape index (κ2) is 8.59. The van der Waals surface area contributed by atoms with Crippen LogP contribution in [0.1, 0.15) is 11.1 Å². The van der Waals surface area contributed by atoms with Crippen molar-refractivity contribution in [2.45, 2.75) is 6.42 Å². The Hall–Kier alpha value is -2.99. The number of nitro groups is 1. The van der Waals surface area contributed by atoms with Gasteiger partial charge in [0.15, 0.2) is 0 Å². The van der Waals surface area contributed by atoms with Crippen LogP contribution in [-0.4, -0.2) is 17.0 Å². The summed E-state index contributed by atoms with van der Waals surface area (Å²) in [6, 6.07) is 13.1. The number of allylic oxidation sites excluding steroid dienone is 1. The van der Waals surface area contributed by atoms with Crippen LogP contribution >= 0.6 is 11.6 Å². The normalized spacial score (nSPS) is 11.0. The first-order chi connectivity index (χ1) is 11.5. The lowest BCUT2D eigenvalue weighted by molar-refractivity contribution is -0.384. The van der Waals surface area contributed by atoms with Crippen LogP contribution in [0.2, 0.25) is 5.02 Å². The first-order valence-corrected chi connectivity index (χ1v) is 7.40. The maximum atomic E-state index is 11.7. The number of carbonyl (C=O) groups is 1. The Bertz CT molecular complexity index is 769. The third-order valence-corrected chi connectivity index (χ3v) is 3.27. The van der Waals surface area contributed by atoms with E-state index in [1.54, 1.807) is 48.6 Å². The molecule has 0 atom stereocenters. The topological polar surface area (TPSA) is 84.6 Å². The lowest BCUT2D eigenvalue weighted by Crippen LogP contribution is -2.19. The molecule has 1 amide bonds. The molecule has 1 N–H and O–H groups in total. The smallest absolute Gasteiger partial charge is 0.269 e. The molecule has 0 saturated heterocycles. The number of carbonyl (C=O) groups excluding carboxylic acids is 1. The van der Waals surface area contributed by atoms with Gasteiger partial charge < -0.3 is 0 Å². The summed E-state index contributed by atoms with van der Waals surface area (Å²) in [5.41, 5.74) is 4.08. The Morgan fingerprint density at radius 2 is 1.83 bits per heavy atom. The summed E-state index contributed by atoms with van der Waals surface area (Å²) >= 11 is 5.78. The number of non-ortho nitro benzene ring substituents is 1. The monoisotopic (exact) mass is 343 g/mol. The molecule has 7 heteroatoms. The van der Waals surface area contributed by atoms with E-state index in [0.717, 1.165) is 11.1 Å². The maximum Gasteiger partial charge on any atom is 0.269 e. The van der Waals surface area contributed by atoms with Crippen molar-refractivity contribution in [1.29, 1.82) is 0 Å². The lowest BCUT2D eigenvalue weighted by Gasteiger charge is -2.00. The molecule has 0 spiro atoms. The Morgan fingerprint density at radius 1 is 1.17 bits per heavy atom. The standard InChI is InChI=1S/C17H14ClN3O3/c18-15-7-3-14(4-8-15)12-17(22)20-19-11-1-2-13-5-9-16(10-6-13)21(23)24/h1-11H,12H2,(H,20,22)/b2-1+,19-11-. The fourth-order valence-electron chi connectivity index (χ4n) is 1.84. The van der Waals surface area contributed by atoms with Gasteiger partial charge in [-0.15, -0.1) is 0 Å². The van der Waals surface area contributed by atoms with E-state index < -0.39 is 4.92 Å². The molecular formula is C17H14ClN3O3. The Balaban J connectivity index is 1.80. The van der Waals surface area contributed by atoms with Crippen LogP contribution in [0.3, 0.4) is 0 Å². The molecule has 0 heterocycles. The number of hydrazone groups is 1. The first kappa shape index (κ1) is 17.4. The minimum absolute atomic E-state index is 0.0373. The van der Waals surface area contributed by atoms with Crippen LogP contribution in [0.25, 0.3) is 6.08 Å². The highest BCUT2D eigenvalue weighted by molar-refractivity contribution is 6.30. The molecule has 0 aliphatic rings. The van der Waals surface area contributed by atoms with Gasteiger partial charge in [0.05, 0.1) is 11.3 Å². The van der Waals surface area contributed by atoms with E-state index in [4.69, 9.17) is 11.6 Å². The van der Waals surface area contributed by atoms with Crippen molar-refractivity contribution in [3.8, 4) is 0 Å². The van der Waals surface area contributed by atoms with Gasteiger partial charge in [0.25, 0.3) is 5.69 Å². The van der Waals surface area contributed by atoms with Crippen molar-refractivity contribution in [3.05, 3.63) is 80.9 Å². The predicted molar refractivity (Wildman–Crippen MR) is 93.9 cm³/mol. The van der Waals surface area contributed by atoms with E-state index >= 15 is 0 Å². The van der Waals surface area contributed by atoms with Crippen LogP contribution in [0.15, 0.2) is 59.7 Å². The van der Waals surface area contributed by atoms with E-state index in [9.17, 15) is 14.9 Å². The highest BCUT2D eigenvalue weighted by atomic mass is 35.5. The molecule has 6 nitrogen and oxygen atoms in total. The molecule has 0 aliphatic carbocycles. The highest BCUT2D eigenvalue weighted by Gasteiger charge is 2.02. The Kier molecular flexibility index (Phi) is 6.22. The van der Waals surface area contributed by atoms with Crippen molar-refractivity contribution in [1.82, 2.24) is 5.43 Å². The molecule has 122 valence electrons. The van der Waals surface area contributed by atoms with E-state index in [0.29, 0.717) is 5.02 Å². The predicted octanol–water partition coefficient (Wildman–Crippen LogP) is 3.61. The van der Waals surface area contributed by atoms with Crippen molar-refractivity contribution in [2.75, 3.05) is 0 Å². The average molecular weight is 344 g/mol. The molecule has 2 aromatic carbocycles. The first-order valence-electron chi connectivity index (χ1n) is 7.02. The van der Waals surface area contributed by atoms with E-state index in [1.165, 1.54) is 18.3 Å². The molecule has 0 saturated carbocycles. The summed E-state index contributed by atoms with van der Waals surface area (Å²) in [6.45, 7) is 0. The number of rotatable bonds is 6. The molecule has 2 rings (SSSR count). The van der Waals surface area contributed by atoms with Crippen LogP contribution in [0.4, 0.5) is 5.69 Å². The van der Waals surface area contributed by atoms with Crippen molar-refractivity contribution < 1.29 is 9.72 Å². The summed E-state index contributed by atoms with van der Waals surface area (Å²) in [5.74, 6) is -0.239. The molecule has 0 fully saturated rings. The summed E-state index contributed by atoms with van der Waals surface area (Å²) < 4.78 is 0. The van der Waals surface area contributed by atoms with Crippen LogP contribution in [0.5, 0.6) is 0 Å². The number of nitro benzene ring substituents is 1. The van der Waals surface area contributed by atoms with Crippen LogP contribution in [0, 0.1) is 10.1 Å². The Labute approximate surface area is 143 Å². The van der Waals surface area contributed by atoms with E-state index in [-0.39, 0.29) is 18.0 Å². The number of benzene rings is 2. The van der Waals surface area contributed by atoms with Gasteiger partial charge in [0.2, 0.25) is 5.91 Å². The molecule has 0 aliphatic heterocycles. The zero-order chi connectivity index (χ0) is 17.4. The number of amides is 1. The number of nitrogens with one attached hydrogen (secondary N) is 1. The SMILES string of the molecule is O=C(Cc1ccc(Cl)cc1)N/N=C\C=C\c1ccc([N+](=O)[O-])cc1. The van der Waals surface area contributed by atoms with E-state index in [1.807, 2.05) is 0 Å². The highest BCUT2D eigenvalue weighted by Crippen LogP contribution is 2.12. The summed E-state index contributed by atoms with van der Waals surface area (Å²) in [6.07, 6.45) is 4.99. The van der Waals surface area contributed by atoms with Gasteiger partial charge >= 0.3 is 0 Å². The number of hydrogen-bond acceptors (Lipinski definition) is 4. The Morgan fingerprint density at radius 3 is 2.46 bits per heavy atom. The summed E-state index contributed by atoms with van der Waals surface area (Å²) in [5, 5.41) is 15.0. The summed E-state index contributed by atoms with van der Waals surface area (Å²) in [7, 11) is 0. The average Bonchev–Trinajstić information content (AvgIpc) is 2.57. The van der Waals surface area contributed by atoms with Crippen molar-refractivity contribution >= 4 is 35.5 Å². The third kappa shape index (κ3) is 5.66. The number of nitrogens with zero attached hydrogens (tertiary/aromatic N) is 2. The summed E-state index contributed by atoms with van der Waals surface area (Å²) in [4.78, 5) is 21.8. The molecule has 0 aromatic heterocycles. The number of hydrogen-bond donors (Lipinski definition) is 1. The number of halogens is 1. The molecule has 0 radical (unpaired) electrons. The van der Waals surface area contributed by atoms with Gasteiger partial charge in [0, 0.05) is 23.4 Å². The van der Waals surface area contributed by atoms with Crippen molar-refractivity contribution in [3.63, 3.8) is 0 Å². The van der Waals surface area contributed by atoms with Gasteiger partial charge in [0.1, 0.15) is 0 Å². The minimum atomic E-state index is -0.453. The quantitative estimate of drug-likeness (QED) is 0.494. The van der Waals surface area contributed by atoms with E-state index in [2.05, 4.69) is 10.5 Å². The second-order valence-electron chi connectivity index (χ2n) is 4.82. The molecule has 0 bridgehead atoms. The van der Waals surface area contributed by atoms with Gasteiger partial charge in [-0.2, -0.15) is 5.10 Å². The molecular weight excluding hydrogens is 330 g/mol. The van der Waals surface area contributed by atoms with Gasteiger partial charge in [-0.1, -0.05) is 29.8 Å². The van der Waals surface area contributed by atoms with Crippen LogP contribution in [-0.2, 0) is 11.2 Å². The minimum Gasteiger partial charge on any atom is -0.273 e. The largest absolute Gasteiger partial charge is 0.273 e. The fourth-order valence-corrected chi connectivity index (χ4v) is 1.97. The van der Waals surface area contributed by atoms with Gasteiger partial charge in [-0.3, -0.25) is 14.9 Å². The molecule has 0 unspecified atom stereocenters. The van der Waals surface area contributed by atoms with Gasteiger partial charge in [-0.25, -0.2) is 5.43 Å². The molecule has 24 heavy (non-hydrogen) atoms.